The second-order valence-electron chi connectivity index (χ2n) is 14.1. The molecule has 0 unspecified atom stereocenters. The first kappa shape index (κ1) is 37.5. The summed E-state index contributed by atoms with van der Waals surface area (Å²) < 4.78 is 28.6. The smallest absolute Gasteiger partial charge is 0.351 e. The van der Waals surface area contributed by atoms with Crippen LogP contribution in [0.1, 0.15) is 100.0 Å². The second kappa shape index (κ2) is 15.3. The van der Waals surface area contributed by atoms with Gasteiger partial charge in [0.1, 0.15) is 11.7 Å². The first-order chi connectivity index (χ1) is 21.5. The Hall–Kier alpha value is -2.97. The van der Waals surface area contributed by atoms with Crippen LogP contribution in [0.3, 0.4) is 0 Å². The largest absolute Gasteiger partial charge is 0.457 e. The standard InChI is InChI=1S/C38H54FNO6/c1-10-32-38(9,44)31-21-15-20-30(19-14-18-29-16-12-11-13-17-29)23-45-36(7,22-24(2)33(26(31)4)40-28(6)41)27(5)25(3)34(42)37(8,39)35(43)46-32/h11-14,16-19,24-27,31-32,44H,10,15,20-23H2,1-9H3/b18-14+,30-19+,40-33+/t24-,25-,26-,27-,31-,32-,36-,37+,38+/m1/s1. The van der Waals surface area contributed by atoms with Crippen LogP contribution in [0.25, 0.3) is 6.08 Å². The Kier molecular flexibility index (Phi) is 12.5. The lowest BCUT2D eigenvalue weighted by Crippen LogP contribution is -2.56. The van der Waals surface area contributed by atoms with Crippen molar-refractivity contribution in [3.63, 3.8) is 0 Å². The number of ether oxygens (including phenoxy) is 2. The van der Waals surface area contributed by atoms with Crippen molar-refractivity contribution in [2.24, 2.45) is 34.6 Å². The number of hydrogen-bond donors (Lipinski definition) is 1. The van der Waals surface area contributed by atoms with Gasteiger partial charge in [0.2, 0.25) is 5.91 Å². The van der Waals surface area contributed by atoms with E-state index in [-0.39, 0.29) is 30.8 Å². The number of carbonyl (C=O) groups excluding carboxylic acids is 3. The minimum atomic E-state index is -2.92. The first-order valence-corrected chi connectivity index (χ1v) is 16.8. The number of benzene rings is 1. The molecular formula is C38H54FNO6. The van der Waals surface area contributed by atoms with Gasteiger partial charge in [-0.05, 0) is 81.8 Å². The molecule has 1 aromatic carbocycles. The van der Waals surface area contributed by atoms with Crippen LogP contribution in [-0.4, -0.2) is 58.1 Å². The number of fused-ring (bicyclic) bond motifs is 5. The number of aliphatic hydroxyl groups is 1. The fourth-order valence-corrected chi connectivity index (χ4v) is 7.43. The molecular weight excluding hydrogens is 585 g/mol. The fraction of sp³-hybridized carbons (Fsp3) is 0.632. The van der Waals surface area contributed by atoms with Crippen molar-refractivity contribution >= 4 is 29.4 Å². The molecule has 7 nitrogen and oxygen atoms in total. The van der Waals surface area contributed by atoms with Crippen molar-refractivity contribution in [3.8, 4) is 0 Å². The lowest BCUT2D eigenvalue weighted by Gasteiger charge is -2.46. The van der Waals surface area contributed by atoms with Gasteiger partial charge in [-0.2, -0.15) is 0 Å². The quantitative estimate of drug-likeness (QED) is 0.271. The summed E-state index contributed by atoms with van der Waals surface area (Å²) in [7, 11) is 0. The predicted molar refractivity (Wildman–Crippen MR) is 180 cm³/mol. The number of carbonyl (C=O) groups is 3. The third-order valence-electron chi connectivity index (χ3n) is 10.6. The zero-order valence-electron chi connectivity index (χ0n) is 29.1. The average Bonchev–Trinajstić information content (AvgIpc) is 3.00. The van der Waals surface area contributed by atoms with E-state index in [9.17, 15) is 19.5 Å². The molecule has 3 rings (SSSR count). The van der Waals surface area contributed by atoms with Gasteiger partial charge in [0.25, 0.3) is 5.67 Å². The monoisotopic (exact) mass is 639 g/mol. The summed E-state index contributed by atoms with van der Waals surface area (Å²) in [5, 5.41) is 12.2. The topological polar surface area (TPSA) is 102 Å². The van der Waals surface area contributed by atoms with Crippen LogP contribution in [0.15, 0.2) is 53.0 Å². The van der Waals surface area contributed by atoms with Crippen molar-refractivity contribution in [1.82, 2.24) is 0 Å². The van der Waals surface area contributed by atoms with Gasteiger partial charge in [-0.15, -0.1) is 0 Å². The molecule has 2 bridgehead atoms. The van der Waals surface area contributed by atoms with E-state index in [1.165, 1.54) is 6.92 Å². The van der Waals surface area contributed by atoms with Crippen molar-refractivity contribution < 1.29 is 33.4 Å². The Morgan fingerprint density at radius 1 is 1.09 bits per heavy atom. The number of ketones is 1. The number of Topliss-reactive ketones (excluding diaryl/α,β-unsaturated/α-hetero) is 1. The van der Waals surface area contributed by atoms with Gasteiger partial charge in [0.15, 0.2) is 5.78 Å². The zero-order valence-corrected chi connectivity index (χ0v) is 29.1. The number of rotatable bonds is 3. The van der Waals surface area contributed by atoms with Crippen LogP contribution in [0.4, 0.5) is 4.39 Å². The van der Waals surface area contributed by atoms with Crippen molar-refractivity contribution in [1.29, 1.82) is 0 Å². The first-order valence-electron chi connectivity index (χ1n) is 16.8. The third-order valence-corrected chi connectivity index (χ3v) is 10.6. The van der Waals surface area contributed by atoms with Crippen LogP contribution < -0.4 is 0 Å². The highest BCUT2D eigenvalue weighted by atomic mass is 19.1. The van der Waals surface area contributed by atoms with Gasteiger partial charge >= 0.3 is 5.97 Å². The summed E-state index contributed by atoms with van der Waals surface area (Å²) in [6, 6.07) is 9.99. The number of cyclic esters (lactones) is 1. The molecule has 0 aromatic heterocycles. The van der Waals surface area contributed by atoms with E-state index in [0.29, 0.717) is 31.4 Å². The lowest BCUT2D eigenvalue weighted by molar-refractivity contribution is -0.187. The van der Waals surface area contributed by atoms with Gasteiger partial charge in [0, 0.05) is 24.5 Å². The molecule has 2 saturated heterocycles. The second-order valence-corrected chi connectivity index (χ2v) is 14.1. The van der Waals surface area contributed by atoms with Crippen LogP contribution in [0.2, 0.25) is 0 Å². The molecule has 2 aliphatic heterocycles. The number of nitrogens with zero attached hydrogens (tertiary/aromatic N) is 1. The maximum atomic E-state index is 16.2. The van der Waals surface area contributed by atoms with E-state index in [1.807, 2.05) is 70.2 Å². The highest BCUT2D eigenvalue weighted by molar-refractivity contribution is 6.07. The molecule has 1 aromatic rings. The lowest BCUT2D eigenvalue weighted by atomic mass is 9.67. The minimum Gasteiger partial charge on any atom is -0.457 e. The maximum absolute atomic E-state index is 16.2. The number of amides is 1. The van der Waals surface area contributed by atoms with E-state index < -0.39 is 52.5 Å². The number of hydrogen-bond acceptors (Lipinski definition) is 6. The Morgan fingerprint density at radius 3 is 2.35 bits per heavy atom. The van der Waals surface area contributed by atoms with Crippen LogP contribution in [0.5, 0.6) is 0 Å². The number of allylic oxidation sites excluding steroid dienone is 2. The van der Waals surface area contributed by atoms with Crippen molar-refractivity contribution in [2.45, 2.75) is 117 Å². The van der Waals surface area contributed by atoms with E-state index in [0.717, 1.165) is 18.1 Å². The Balaban J connectivity index is 2.25. The molecule has 1 amide bonds. The molecule has 8 heteroatoms. The third kappa shape index (κ3) is 8.48. The van der Waals surface area contributed by atoms with Gasteiger partial charge in [-0.3, -0.25) is 9.59 Å². The summed E-state index contributed by atoms with van der Waals surface area (Å²) in [5.74, 6) is -5.14. The highest BCUT2D eigenvalue weighted by Gasteiger charge is 2.53. The molecule has 9 atom stereocenters. The van der Waals surface area contributed by atoms with Gasteiger partial charge in [0.05, 0.1) is 12.2 Å². The zero-order chi connectivity index (χ0) is 34.4. The van der Waals surface area contributed by atoms with Crippen molar-refractivity contribution in [2.75, 3.05) is 6.61 Å². The van der Waals surface area contributed by atoms with E-state index in [4.69, 9.17) is 9.47 Å². The number of alkyl halides is 1. The van der Waals surface area contributed by atoms with Gasteiger partial charge in [-0.1, -0.05) is 83.2 Å². The van der Waals surface area contributed by atoms with E-state index >= 15 is 4.39 Å². The Labute approximate surface area is 274 Å². The summed E-state index contributed by atoms with van der Waals surface area (Å²) in [6.45, 7) is 15.3. The highest BCUT2D eigenvalue weighted by Crippen LogP contribution is 2.43. The number of aliphatic imine (C=N–C) groups is 1. The van der Waals surface area contributed by atoms with Crippen molar-refractivity contribution in [3.05, 3.63) is 53.6 Å². The summed E-state index contributed by atoms with van der Waals surface area (Å²) in [6.07, 6.45) is 7.44. The van der Waals surface area contributed by atoms with E-state index in [2.05, 4.69) is 11.1 Å². The normalized spacial score (nSPS) is 38.9. The Morgan fingerprint density at radius 2 is 1.74 bits per heavy atom. The summed E-state index contributed by atoms with van der Waals surface area (Å²) in [5.41, 5.74) is -2.76. The van der Waals surface area contributed by atoms with Crippen LogP contribution >= 0.6 is 0 Å². The fourth-order valence-electron chi connectivity index (χ4n) is 7.43. The minimum absolute atomic E-state index is 0.203. The molecule has 0 aliphatic carbocycles. The average molecular weight is 640 g/mol. The Bertz CT molecular complexity index is 1330. The molecule has 46 heavy (non-hydrogen) atoms. The molecule has 2 aliphatic rings. The predicted octanol–water partition coefficient (Wildman–Crippen LogP) is 7.51. The SMILES string of the molecule is CC[C@H]1OC(=O)[C@@](C)(F)C(=O)[C@H](C)[C@@H](C)[C@@]2(C)C[C@@H](C)/C(=N\C(C)=O)[C@H](C)[C@@H](CCC/C(=C\C=C\c3ccccc3)CO2)[C@]1(C)O. The number of halogens is 1. The molecule has 0 saturated carbocycles. The number of esters is 1. The molecule has 0 radical (unpaired) electrons. The summed E-state index contributed by atoms with van der Waals surface area (Å²) in [4.78, 5) is 44.0. The molecule has 2 heterocycles. The molecule has 0 spiro atoms. The van der Waals surface area contributed by atoms with Gasteiger partial charge < -0.3 is 14.6 Å². The molecule has 254 valence electrons. The molecule has 1 N–H and O–H groups in total. The van der Waals surface area contributed by atoms with Crippen LogP contribution in [-0.2, 0) is 23.9 Å². The summed E-state index contributed by atoms with van der Waals surface area (Å²) >= 11 is 0. The van der Waals surface area contributed by atoms with E-state index in [1.54, 1.807) is 20.8 Å². The maximum Gasteiger partial charge on any atom is 0.351 e. The van der Waals surface area contributed by atoms with Crippen LogP contribution in [0, 0.1) is 29.6 Å². The van der Waals surface area contributed by atoms with Gasteiger partial charge in [-0.25, -0.2) is 14.2 Å². The molecule has 2 fully saturated rings.